The van der Waals surface area contributed by atoms with Crippen LogP contribution >= 0.6 is 11.6 Å². The van der Waals surface area contributed by atoms with Gasteiger partial charge in [0.1, 0.15) is 11.5 Å². The van der Waals surface area contributed by atoms with Gasteiger partial charge in [0, 0.05) is 34.2 Å². The predicted octanol–water partition coefficient (Wildman–Crippen LogP) is 4.11. The largest absolute Gasteiger partial charge is 0.469 e. The van der Waals surface area contributed by atoms with E-state index in [1.54, 1.807) is 6.92 Å². The lowest BCUT2D eigenvalue weighted by molar-refractivity contribution is -0.116. The van der Waals surface area contributed by atoms with E-state index < -0.39 is 5.91 Å². The summed E-state index contributed by atoms with van der Waals surface area (Å²) in [7, 11) is 0. The summed E-state index contributed by atoms with van der Waals surface area (Å²) in [6.07, 6.45) is 2.34. The minimum absolute atomic E-state index is 0.359. The van der Waals surface area contributed by atoms with E-state index in [2.05, 4.69) is 4.98 Å². The molecule has 5 nitrogen and oxygen atoms in total. The van der Waals surface area contributed by atoms with Gasteiger partial charge in [0.15, 0.2) is 6.23 Å². The molecule has 0 saturated heterocycles. The summed E-state index contributed by atoms with van der Waals surface area (Å²) in [4.78, 5) is 17.2. The standard InChI is InChI=1S/C21H20ClN3O2/c1-13-19(20(23)26)25(21(27-13)14-5-3-2-4-6-14)10-9-15-12-24-18-8-7-16(22)11-17(15)18/h2-8,11-12,21,24H,9-10H2,1H3,(H2,23,26). The van der Waals surface area contributed by atoms with Crippen molar-refractivity contribution < 1.29 is 9.53 Å². The van der Waals surface area contributed by atoms with Crippen molar-refractivity contribution >= 4 is 28.4 Å². The van der Waals surface area contributed by atoms with Crippen molar-refractivity contribution in [2.45, 2.75) is 19.6 Å². The van der Waals surface area contributed by atoms with Crippen molar-refractivity contribution in [1.82, 2.24) is 9.88 Å². The van der Waals surface area contributed by atoms with Crippen molar-refractivity contribution in [3.8, 4) is 0 Å². The number of fused-ring (bicyclic) bond motifs is 1. The van der Waals surface area contributed by atoms with E-state index in [1.807, 2.05) is 59.6 Å². The summed E-state index contributed by atoms with van der Waals surface area (Å²) in [6, 6.07) is 15.6. The van der Waals surface area contributed by atoms with Gasteiger partial charge in [-0.3, -0.25) is 4.79 Å². The Hall–Kier alpha value is -2.92. The lowest BCUT2D eigenvalue weighted by Crippen LogP contribution is -2.32. The van der Waals surface area contributed by atoms with E-state index in [1.165, 1.54) is 0 Å². The molecule has 4 rings (SSSR count). The maximum Gasteiger partial charge on any atom is 0.268 e. The van der Waals surface area contributed by atoms with Crippen molar-refractivity contribution in [2.75, 3.05) is 6.54 Å². The molecule has 1 aliphatic rings. The molecular weight excluding hydrogens is 362 g/mol. The number of benzene rings is 2. The van der Waals surface area contributed by atoms with Crippen LogP contribution in [0.15, 0.2) is 66.2 Å². The number of carbonyl (C=O) groups excluding carboxylic acids is 1. The fourth-order valence-corrected chi connectivity index (χ4v) is 3.79. The number of ether oxygens (including phenoxy) is 1. The third-order valence-electron chi connectivity index (χ3n) is 4.86. The van der Waals surface area contributed by atoms with Gasteiger partial charge >= 0.3 is 0 Å². The number of aromatic amines is 1. The number of hydrogen-bond acceptors (Lipinski definition) is 3. The number of carbonyl (C=O) groups is 1. The van der Waals surface area contributed by atoms with E-state index in [0.717, 1.165) is 28.5 Å². The second-order valence-electron chi connectivity index (χ2n) is 6.60. The van der Waals surface area contributed by atoms with Gasteiger partial charge in [0.2, 0.25) is 0 Å². The summed E-state index contributed by atoms with van der Waals surface area (Å²) < 4.78 is 5.99. The number of hydrogen-bond donors (Lipinski definition) is 2. The molecule has 0 fully saturated rings. The molecule has 6 heteroatoms. The van der Waals surface area contributed by atoms with Gasteiger partial charge < -0.3 is 20.4 Å². The average Bonchev–Trinajstić information content (AvgIpc) is 3.20. The normalized spacial score (nSPS) is 16.8. The minimum Gasteiger partial charge on any atom is -0.469 e. The number of nitrogens with zero attached hydrogens (tertiary/aromatic N) is 1. The van der Waals surface area contributed by atoms with Gasteiger partial charge in [-0.25, -0.2) is 0 Å². The Labute approximate surface area is 162 Å². The third-order valence-corrected chi connectivity index (χ3v) is 5.10. The smallest absolute Gasteiger partial charge is 0.268 e. The van der Waals surface area contributed by atoms with E-state index in [4.69, 9.17) is 22.1 Å². The highest BCUT2D eigenvalue weighted by Gasteiger charge is 2.35. The lowest BCUT2D eigenvalue weighted by atomic mass is 10.1. The van der Waals surface area contributed by atoms with Crippen LogP contribution in [0.1, 0.15) is 24.3 Å². The Morgan fingerprint density at radius 2 is 2.04 bits per heavy atom. The summed E-state index contributed by atoms with van der Waals surface area (Å²) in [6.45, 7) is 2.37. The highest BCUT2D eigenvalue weighted by molar-refractivity contribution is 6.31. The molecule has 0 aliphatic carbocycles. The van der Waals surface area contributed by atoms with Gasteiger partial charge in [0.25, 0.3) is 5.91 Å². The molecule has 138 valence electrons. The number of halogens is 1. The number of amides is 1. The number of nitrogens with two attached hydrogens (primary N) is 1. The van der Waals surface area contributed by atoms with Crippen LogP contribution < -0.4 is 5.73 Å². The Kier molecular flexibility index (Phi) is 4.54. The van der Waals surface area contributed by atoms with Crippen LogP contribution in [0.3, 0.4) is 0 Å². The van der Waals surface area contributed by atoms with Crippen LogP contribution in [0.4, 0.5) is 0 Å². The summed E-state index contributed by atoms with van der Waals surface area (Å²) in [5, 5.41) is 1.78. The first kappa shape index (κ1) is 17.5. The number of allylic oxidation sites excluding steroid dienone is 1. The minimum atomic E-state index is -0.479. The topological polar surface area (TPSA) is 71.4 Å². The molecule has 1 aromatic heterocycles. The van der Waals surface area contributed by atoms with Crippen molar-refractivity contribution in [3.63, 3.8) is 0 Å². The van der Waals surface area contributed by atoms with Gasteiger partial charge in [-0.1, -0.05) is 41.9 Å². The second kappa shape index (κ2) is 7.00. The zero-order valence-electron chi connectivity index (χ0n) is 14.9. The van der Waals surface area contributed by atoms with Crippen LogP contribution in [-0.4, -0.2) is 22.3 Å². The quantitative estimate of drug-likeness (QED) is 0.698. The molecule has 2 aromatic carbocycles. The van der Waals surface area contributed by atoms with Gasteiger partial charge in [-0.2, -0.15) is 0 Å². The molecule has 1 atom stereocenters. The summed E-state index contributed by atoms with van der Waals surface area (Å²) in [5.41, 5.74) is 9.22. The number of nitrogens with one attached hydrogen (secondary N) is 1. The van der Waals surface area contributed by atoms with Gasteiger partial charge in [0.05, 0.1) is 0 Å². The molecule has 0 bridgehead atoms. The Bertz CT molecular complexity index is 1030. The summed E-state index contributed by atoms with van der Waals surface area (Å²) >= 11 is 6.15. The van der Waals surface area contributed by atoms with Crippen molar-refractivity contribution in [3.05, 3.63) is 82.3 Å². The predicted molar refractivity (Wildman–Crippen MR) is 106 cm³/mol. The number of rotatable bonds is 5. The molecule has 2 heterocycles. The summed E-state index contributed by atoms with van der Waals surface area (Å²) in [5.74, 6) is 0.0752. The van der Waals surface area contributed by atoms with Gasteiger partial charge in [-0.15, -0.1) is 0 Å². The highest BCUT2D eigenvalue weighted by Crippen LogP contribution is 2.36. The zero-order chi connectivity index (χ0) is 19.0. The molecule has 0 radical (unpaired) electrons. The Balaban J connectivity index is 1.63. The maximum atomic E-state index is 12.0. The highest BCUT2D eigenvalue weighted by atomic mass is 35.5. The monoisotopic (exact) mass is 381 g/mol. The fourth-order valence-electron chi connectivity index (χ4n) is 3.61. The first-order valence-corrected chi connectivity index (χ1v) is 9.17. The zero-order valence-corrected chi connectivity index (χ0v) is 15.7. The van der Waals surface area contributed by atoms with Crippen LogP contribution in [0.25, 0.3) is 10.9 Å². The lowest BCUT2D eigenvalue weighted by Gasteiger charge is -2.27. The molecule has 3 N–H and O–H groups in total. The second-order valence-corrected chi connectivity index (χ2v) is 7.03. The molecule has 0 spiro atoms. The molecular formula is C21H20ClN3O2. The van der Waals surface area contributed by atoms with Crippen LogP contribution in [0, 0.1) is 0 Å². The van der Waals surface area contributed by atoms with Crippen LogP contribution in [0.2, 0.25) is 5.02 Å². The van der Waals surface area contributed by atoms with E-state index in [0.29, 0.717) is 23.0 Å². The molecule has 0 saturated carbocycles. The number of aromatic nitrogens is 1. The van der Waals surface area contributed by atoms with E-state index >= 15 is 0 Å². The van der Waals surface area contributed by atoms with Crippen molar-refractivity contribution in [1.29, 1.82) is 0 Å². The van der Waals surface area contributed by atoms with E-state index in [-0.39, 0.29) is 6.23 Å². The van der Waals surface area contributed by atoms with Gasteiger partial charge in [-0.05, 0) is 37.1 Å². The van der Waals surface area contributed by atoms with Crippen LogP contribution in [0.5, 0.6) is 0 Å². The molecule has 27 heavy (non-hydrogen) atoms. The molecule has 3 aromatic rings. The SMILES string of the molecule is CC1=C(C(N)=O)N(CCc2c[nH]c3ccc(Cl)cc23)C(c2ccccc2)O1. The average molecular weight is 382 g/mol. The first-order chi connectivity index (χ1) is 13.0. The molecule has 1 amide bonds. The first-order valence-electron chi connectivity index (χ1n) is 8.79. The van der Waals surface area contributed by atoms with Crippen LogP contribution in [-0.2, 0) is 16.0 Å². The number of primary amides is 1. The van der Waals surface area contributed by atoms with Crippen molar-refractivity contribution in [2.24, 2.45) is 5.73 Å². The van der Waals surface area contributed by atoms with E-state index in [9.17, 15) is 4.79 Å². The Morgan fingerprint density at radius 3 is 2.78 bits per heavy atom. The molecule has 1 unspecified atom stereocenters. The fraction of sp³-hybridized carbons (Fsp3) is 0.190. The Morgan fingerprint density at radius 1 is 1.26 bits per heavy atom. The maximum absolute atomic E-state index is 12.0. The third kappa shape index (κ3) is 3.26. The molecule has 1 aliphatic heterocycles. The number of H-pyrrole nitrogens is 1.